The molecular weight excluding hydrogens is 293 g/mol. The molecule has 0 spiro atoms. The minimum atomic E-state index is -5.54. The minimum absolute atomic E-state index is 0.314. The van der Waals surface area contributed by atoms with Crippen LogP contribution in [0.2, 0.25) is 0 Å². The standard InChI is InChI=1S/C13H15F3O3S/c14-13(15,16)20(17,18)19-12-9-5-4-8-11(12)10-6-2-1-3-7-10/h1-3,6-7,11-12H,4-5,8-9H2. The lowest BCUT2D eigenvalue weighted by Crippen LogP contribution is -2.34. The highest BCUT2D eigenvalue weighted by atomic mass is 32.2. The van der Waals surface area contributed by atoms with Crippen LogP contribution < -0.4 is 0 Å². The zero-order chi connectivity index (χ0) is 14.8. The van der Waals surface area contributed by atoms with Crippen LogP contribution in [0.3, 0.4) is 0 Å². The lowest BCUT2D eigenvalue weighted by molar-refractivity contribution is -0.0594. The number of hydrogen-bond acceptors (Lipinski definition) is 3. The molecule has 0 N–H and O–H groups in total. The van der Waals surface area contributed by atoms with Gasteiger partial charge in [-0.15, -0.1) is 0 Å². The Labute approximate surface area is 115 Å². The van der Waals surface area contributed by atoms with E-state index in [4.69, 9.17) is 0 Å². The molecule has 0 bridgehead atoms. The maximum atomic E-state index is 12.4. The molecule has 112 valence electrons. The fraction of sp³-hybridized carbons (Fsp3) is 0.538. The Morgan fingerprint density at radius 3 is 2.25 bits per heavy atom. The minimum Gasteiger partial charge on any atom is -0.259 e. The second kappa shape index (κ2) is 5.73. The Morgan fingerprint density at radius 2 is 1.65 bits per heavy atom. The van der Waals surface area contributed by atoms with Gasteiger partial charge in [0.15, 0.2) is 0 Å². The summed E-state index contributed by atoms with van der Waals surface area (Å²) >= 11 is 0. The molecule has 1 fully saturated rings. The van der Waals surface area contributed by atoms with Crippen molar-refractivity contribution in [2.45, 2.75) is 43.2 Å². The van der Waals surface area contributed by atoms with Gasteiger partial charge in [0, 0.05) is 5.92 Å². The zero-order valence-electron chi connectivity index (χ0n) is 10.6. The molecule has 1 aromatic carbocycles. The van der Waals surface area contributed by atoms with E-state index in [1.54, 1.807) is 30.3 Å². The third-order valence-corrected chi connectivity index (χ3v) is 4.53. The normalized spacial score (nSPS) is 24.6. The van der Waals surface area contributed by atoms with Crippen molar-refractivity contribution < 1.29 is 25.8 Å². The first-order valence-corrected chi connectivity index (χ1v) is 7.76. The molecule has 0 aromatic heterocycles. The van der Waals surface area contributed by atoms with Crippen LogP contribution in [0, 0.1) is 0 Å². The summed E-state index contributed by atoms with van der Waals surface area (Å²) in [6.45, 7) is 0. The van der Waals surface area contributed by atoms with Crippen molar-refractivity contribution in [3.05, 3.63) is 35.9 Å². The van der Waals surface area contributed by atoms with E-state index in [1.165, 1.54) is 0 Å². The maximum absolute atomic E-state index is 12.4. The van der Waals surface area contributed by atoms with Crippen LogP contribution in [0.5, 0.6) is 0 Å². The average molecular weight is 308 g/mol. The highest BCUT2D eigenvalue weighted by Crippen LogP contribution is 2.38. The van der Waals surface area contributed by atoms with E-state index >= 15 is 0 Å². The largest absolute Gasteiger partial charge is 0.523 e. The number of halogens is 3. The second-order valence-corrected chi connectivity index (χ2v) is 6.40. The van der Waals surface area contributed by atoms with E-state index in [1.807, 2.05) is 0 Å². The number of hydrogen-bond donors (Lipinski definition) is 0. The maximum Gasteiger partial charge on any atom is 0.523 e. The number of benzene rings is 1. The third kappa shape index (κ3) is 3.32. The van der Waals surface area contributed by atoms with Crippen molar-refractivity contribution in [2.75, 3.05) is 0 Å². The fourth-order valence-corrected chi connectivity index (χ4v) is 3.18. The Bertz CT molecular complexity index is 540. The summed E-state index contributed by atoms with van der Waals surface area (Å²) in [7, 11) is -5.54. The quantitative estimate of drug-likeness (QED) is 0.633. The van der Waals surface area contributed by atoms with Gasteiger partial charge < -0.3 is 0 Å². The van der Waals surface area contributed by atoms with Gasteiger partial charge in [0.2, 0.25) is 0 Å². The summed E-state index contributed by atoms with van der Waals surface area (Å²) in [5.41, 5.74) is -4.55. The Balaban J connectivity index is 2.21. The van der Waals surface area contributed by atoms with Gasteiger partial charge in [-0.2, -0.15) is 21.6 Å². The summed E-state index contributed by atoms with van der Waals surface area (Å²) in [5.74, 6) is -0.318. The van der Waals surface area contributed by atoms with E-state index in [-0.39, 0.29) is 5.92 Å². The summed E-state index contributed by atoms with van der Waals surface area (Å²) in [6.07, 6.45) is 1.52. The predicted octanol–water partition coefficient (Wildman–Crippen LogP) is 3.58. The molecule has 3 nitrogen and oxygen atoms in total. The van der Waals surface area contributed by atoms with Gasteiger partial charge in [0.05, 0.1) is 6.10 Å². The molecule has 1 aliphatic carbocycles. The molecule has 2 atom stereocenters. The molecule has 20 heavy (non-hydrogen) atoms. The highest BCUT2D eigenvalue weighted by molar-refractivity contribution is 7.87. The Kier molecular flexibility index (Phi) is 4.39. The van der Waals surface area contributed by atoms with Crippen LogP contribution in [-0.2, 0) is 14.3 Å². The SMILES string of the molecule is O=S(=O)(OC1CCCCC1c1ccccc1)C(F)(F)F. The van der Waals surface area contributed by atoms with Crippen molar-refractivity contribution in [1.29, 1.82) is 0 Å². The van der Waals surface area contributed by atoms with Crippen LogP contribution >= 0.6 is 0 Å². The first-order valence-electron chi connectivity index (χ1n) is 6.36. The van der Waals surface area contributed by atoms with Gasteiger partial charge in [0.1, 0.15) is 0 Å². The summed E-state index contributed by atoms with van der Waals surface area (Å²) in [6, 6.07) is 8.92. The molecule has 0 heterocycles. The first kappa shape index (κ1) is 15.3. The molecule has 1 aliphatic rings. The summed E-state index contributed by atoms with van der Waals surface area (Å²) in [5, 5.41) is 0. The lowest BCUT2D eigenvalue weighted by Gasteiger charge is -2.31. The third-order valence-electron chi connectivity index (χ3n) is 3.46. The fourth-order valence-electron chi connectivity index (χ4n) is 2.51. The predicted molar refractivity (Wildman–Crippen MR) is 67.5 cm³/mol. The number of rotatable bonds is 3. The van der Waals surface area contributed by atoms with Gasteiger partial charge in [0.25, 0.3) is 0 Å². The zero-order valence-corrected chi connectivity index (χ0v) is 11.5. The highest BCUT2D eigenvalue weighted by Gasteiger charge is 2.49. The molecule has 0 aliphatic heterocycles. The molecular formula is C13H15F3O3S. The molecule has 0 saturated heterocycles. The Hall–Kier alpha value is -1.08. The smallest absolute Gasteiger partial charge is 0.259 e. The van der Waals surface area contributed by atoms with E-state index in [0.717, 1.165) is 12.0 Å². The number of alkyl halides is 3. The van der Waals surface area contributed by atoms with Gasteiger partial charge in [-0.25, -0.2) is 0 Å². The van der Waals surface area contributed by atoms with E-state index < -0.39 is 21.7 Å². The molecule has 2 unspecified atom stereocenters. The average Bonchev–Trinajstić information content (AvgIpc) is 2.38. The Morgan fingerprint density at radius 1 is 1.05 bits per heavy atom. The van der Waals surface area contributed by atoms with Crippen molar-refractivity contribution in [1.82, 2.24) is 0 Å². The molecule has 0 amide bonds. The summed E-state index contributed by atoms with van der Waals surface area (Å²) < 4.78 is 64.0. The topological polar surface area (TPSA) is 43.4 Å². The lowest BCUT2D eigenvalue weighted by atomic mass is 9.82. The van der Waals surface area contributed by atoms with Crippen molar-refractivity contribution in [3.63, 3.8) is 0 Å². The van der Waals surface area contributed by atoms with Crippen LogP contribution in [0.1, 0.15) is 37.2 Å². The van der Waals surface area contributed by atoms with Crippen molar-refractivity contribution >= 4 is 10.1 Å². The molecule has 1 saturated carbocycles. The molecule has 7 heteroatoms. The molecule has 0 radical (unpaired) electrons. The van der Waals surface area contributed by atoms with E-state index in [2.05, 4.69) is 4.18 Å². The van der Waals surface area contributed by atoms with Gasteiger partial charge in [-0.05, 0) is 18.4 Å². The van der Waals surface area contributed by atoms with Crippen molar-refractivity contribution in [3.8, 4) is 0 Å². The van der Waals surface area contributed by atoms with Crippen LogP contribution in [0.25, 0.3) is 0 Å². The van der Waals surface area contributed by atoms with Crippen LogP contribution in [0.15, 0.2) is 30.3 Å². The van der Waals surface area contributed by atoms with Crippen molar-refractivity contribution in [2.24, 2.45) is 0 Å². The molecule has 1 aromatic rings. The van der Waals surface area contributed by atoms with E-state index in [9.17, 15) is 21.6 Å². The second-order valence-electron chi connectivity index (χ2n) is 4.84. The van der Waals surface area contributed by atoms with Crippen LogP contribution in [-0.4, -0.2) is 20.0 Å². The summed E-state index contributed by atoms with van der Waals surface area (Å²) in [4.78, 5) is 0. The van der Waals surface area contributed by atoms with Gasteiger partial charge in [-0.3, -0.25) is 4.18 Å². The monoisotopic (exact) mass is 308 g/mol. The first-order chi connectivity index (χ1) is 9.31. The van der Waals surface area contributed by atoms with Gasteiger partial charge >= 0.3 is 15.6 Å². The van der Waals surface area contributed by atoms with E-state index in [0.29, 0.717) is 19.3 Å². The van der Waals surface area contributed by atoms with Gasteiger partial charge in [-0.1, -0.05) is 43.2 Å². The van der Waals surface area contributed by atoms with Crippen LogP contribution in [0.4, 0.5) is 13.2 Å². The molecule has 2 rings (SSSR count).